The highest BCUT2D eigenvalue weighted by Crippen LogP contribution is 2.15. The maximum absolute atomic E-state index is 12.3. The molecular weight excluding hydrogens is 258 g/mol. The molecule has 20 heavy (non-hydrogen) atoms. The minimum Gasteiger partial charge on any atom is -0.480 e. The predicted molar refractivity (Wildman–Crippen MR) is 75.4 cm³/mol. The van der Waals surface area contributed by atoms with Crippen LogP contribution in [0.25, 0.3) is 0 Å². The molecule has 1 heterocycles. The Morgan fingerprint density at radius 3 is 2.35 bits per heavy atom. The fourth-order valence-electron chi connectivity index (χ4n) is 2.33. The molecule has 1 atom stereocenters. The van der Waals surface area contributed by atoms with Crippen molar-refractivity contribution in [2.24, 2.45) is 0 Å². The first kappa shape index (κ1) is 14.3. The van der Waals surface area contributed by atoms with Crippen molar-refractivity contribution >= 4 is 17.6 Å². The van der Waals surface area contributed by atoms with E-state index in [1.165, 1.54) is 0 Å². The zero-order valence-electron chi connectivity index (χ0n) is 11.5. The van der Waals surface area contributed by atoms with Crippen LogP contribution >= 0.6 is 0 Å². The number of benzene rings is 1. The quantitative estimate of drug-likeness (QED) is 0.786. The molecule has 0 saturated carbocycles. The van der Waals surface area contributed by atoms with Crippen LogP contribution in [0.3, 0.4) is 0 Å². The first-order chi connectivity index (χ1) is 9.50. The van der Waals surface area contributed by atoms with Crippen molar-refractivity contribution < 1.29 is 14.7 Å². The van der Waals surface area contributed by atoms with Crippen molar-refractivity contribution in [1.82, 2.24) is 9.80 Å². The number of amides is 1. The van der Waals surface area contributed by atoms with E-state index in [4.69, 9.17) is 10.8 Å². The van der Waals surface area contributed by atoms with Crippen molar-refractivity contribution in [3.8, 4) is 0 Å². The van der Waals surface area contributed by atoms with Gasteiger partial charge in [0.2, 0.25) is 0 Å². The smallest absolute Gasteiger partial charge is 0.320 e. The molecule has 1 unspecified atom stereocenters. The number of hydrogen-bond acceptors (Lipinski definition) is 4. The Morgan fingerprint density at radius 1 is 1.20 bits per heavy atom. The normalized spacial score (nSPS) is 17.8. The first-order valence-corrected chi connectivity index (χ1v) is 6.61. The van der Waals surface area contributed by atoms with Crippen LogP contribution in [-0.4, -0.2) is 59.0 Å². The van der Waals surface area contributed by atoms with E-state index < -0.39 is 12.0 Å². The van der Waals surface area contributed by atoms with Crippen molar-refractivity contribution in [1.29, 1.82) is 0 Å². The Labute approximate surface area is 117 Å². The van der Waals surface area contributed by atoms with E-state index in [2.05, 4.69) is 0 Å². The lowest BCUT2D eigenvalue weighted by Gasteiger charge is -2.36. The molecule has 1 aliphatic heterocycles. The number of piperazine rings is 1. The third-order valence-electron chi connectivity index (χ3n) is 3.70. The molecule has 1 fully saturated rings. The number of nitrogens with zero attached hydrogens (tertiary/aromatic N) is 2. The molecule has 0 spiro atoms. The van der Waals surface area contributed by atoms with E-state index in [9.17, 15) is 9.59 Å². The molecule has 1 aromatic carbocycles. The number of rotatable bonds is 3. The van der Waals surface area contributed by atoms with Gasteiger partial charge in [0.15, 0.2) is 0 Å². The molecule has 0 aromatic heterocycles. The molecule has 0 bridgehead atoms. The molecule has 1 aromatic rings. The van der Waals surface area contributed by atoms with E-state index in [0.717, 1.165) is 0 Å². The zero-order valence-corrected chi connectivity index (χ0v) is 11.5. The Bertz CT molecular complexity index is 510. The fraction of sp³-hybridized carbons (Fsp3) is 0.429. The average Bonchev–Trinajstić information content (AvgIpc) is 2.46. The standard InChI is InChI=1S/C14H19N3O3/c1-10(14(19)20)16-6-8-17(9-7-16)13(18)11-4-2-3-5-12(11)15/h2-5,10H,6-9,15H2,1H3,(H,19,20). The first-order valence-electron chi connectivity index (χ1n) is 6.61. The van der Waals surface area contributed by atoms with Gasteiger partial charge in [-0.2, -0.15) is 0 Å². The van der Waals surface area contributed by atoms with E-state index in [0.29, 0.717) is 37.4 Å². The summed E-state index contributed by atoms with van der Waals surface area (Å²) in [5, 5.41) is 8.98. The molecule has 3 N–H and O–H groups in total. The number of aliphatic carboxylic acids is 1. The van der Waals surface area contributed by atoms with Crippen molar-refractivity contribution in [3.63, 3.8) is 0 Å². The fourth-order valence-corrected chi connectivity index (χ4v) is 2.33. The van der Waals surface area contributed by atoms with Crippen molar-refractivity contribution in [2.45, 2.75) is 13.0 Å². The maximum atomic E-state index is 12.3. The molecular formula is C14H19N3O3. The molecule has 2 rings (SSSR count). The lowest BCUT2D eigenvalue weighted by molar-refractivity contribution is -0.143. The summed E-state index contributed by atoms with van der Waals surface area (Å²) in [5.41, 5.74) is 6.79. The molecule has 6 nitrogen and oxygen atoms in total. The Kier molecular flexibility index (Phi) is 4.24. The highest BCUT2D eigenvalue weighted by atomic mass is 16.4. The third kappa shape index (κ3) is 2.91. The average molecular weight is 277 g/mol. The number of carbonyl (C=O) groups is 2. The van der Waals surface area contributed by atoms with Gasteiger partial charge in [-0.15, -0.1) is 0 Å². The topological polar surface area (TPSA) is 86.9 Å². The Hall–Kier alpha value is -2.08. The largest absolute Gasteiger partial charge is 0.480 e. The van der Waals surface area contributed by atoms with Crippen molar-refractivity contribution in [2.75, 3.05) is 31.9 Å². The number of carboxylic acids is 1. The van der Waals surface area contributed by atoms with Gasteiger partial charge in [-0.3, -0.25) is 14.5 Å². The van der Waals surface area contributed by atoms with Gasteiger partial charge in [-0.25, -0.2) is 0 Å². The SMILES string of the molecule is CC(C(=O)O)N1CCN(C(=O)c2ccccc2N)CC1. The van der Waals surface area contributed by atoms with E-state index in [1.54, 1.807) is 36.1 Å². The number of carbonyl (C=O) groups excluding carboxylic acids is 1. The predicted octanol–water partition coefficient (Wildman–Crippen LogP) is 0.500. The Balaban J connectivity index is 1.99. The van der Waals surface area contributed by atoms with E-state index in [1.807, 2.05) is 4.90 Å². The van der Waals surface area contributed by atoms with Crippen LogP contribution in [0.5, 0.6) is 0 Å². The summed E-state index contributed by atoms with van der Waals surface area (Å²) in [6.45, 7) is 3.82. The molecule has 0 radical (unpaired) electrons. The Morgan fingerprint density at radius 2 is 1.80 bits per heavy atom. The monoisotopic (exact) mass is 277 g/mol. The lowest BCUT2D eigenvalue weighted by Crippen LogP contribution is -2.53. The number of anilines is 1. The summed E-state index contributed by atoms with van der Waals surface area (Å²) in [7, 11) is 0. The van der Waals surface area contributed by atoms with Crippen LogP contribution in [0.4, 0.5) is 5.69 Å². The number of nitrogen functional groups attached to an aromatic ring is 1. The van der Waals surface area contributed by atoms with Crippen LogP contribution < -0.4 is 5.73 Å². The highest BCUT2D eigenvalue weighted by molar-refractivity contribution is 5.99. The minimum absolute atomic E-state index is 0.0919. The molecule has 108 valence electrons. The van der Waals surface area contributed by atoms with Gasteiger partial charge in [-0.1, -0.05) is 12.1 Å². The van der Waals surface area contributed by atoms with E-state index >= 15 is 0 Å². The molecule has 0 aliphatic carbocycles. The summed E-state index contributed by atoms with van der Waals surface area (Å²) < 4.78 is 0. The number of hydrogen-bond donors (Lipinski definition) is 2. The highest BCUT2D eigenvalue weighted by Gasteiger charge is 2.28. The number of para-hydroxylation sites is 1. The third-order valence-corrected chi connectivity index (χ3v) is 3.70. The van der Waals surface area contributed by atoms with Gasteiger partial charge < -0.3 is 15.7 Å². The molecule has 1 saturated heterocycles. The van der Waals surface area contributed by atoms with Gasteiger partial charge in [0.05, 0.1) is 5.56 Å². The van der Waals surface area contributed by atoms with Crippen LogP contribution in [0.1, 0.15) is 17.3 Å². The second-order valence-corrected chi connectivity index (χ2v) is 4.93. The van der Waals surface area contributed by atoms with Crippen molar-refractivity contribution in [3.05, 3.63) is 29.8 Å². The zero-order chi connectivity index (χ0) is 14.7. The minimum atomic E-state index is -0.836. The molecule has 1 aliphatic rings. The summed E-state index contributed by atoms with van der Waals surface area (Å²) in [6.07, 6.45) is 0. The van der Waals surface area contributed by atoms with Crippen LogP contribution in [0.15, 0.2) is 24.3 Å². The summed E-state index contributed by atoms with van der Waals surface area (Å²) in [4.78, 5) is 26.9. The summed E-state index contributed by atoms with van der Waals surface area (Å²) in [6, 6.07) is 6.47. The van der Waals surface area contributed by atoms with Gasteiger partial charge in [0.25, 0.3) is 5.91 Å². The van der Waals surface area contributed by atoms with Gasteiger partial charge in [0.1, 0.15) is 6.04 Å². The van der Waals surface area contributed by atoms with E-state index in [-0.39, 0.29) is 5.91 Å². The summed E-state index contributed by atoms with van der Waals surface area (Å²) >= 11 is 0. The van der Waals surface area contributed by atoms with Gasteiger partial charge in [0, 0.05) is 31.9 Å². The number of carboxylic acid groups (broad SMARTS) is 1. The second kappa shape index (κ2) is 5.92. The summed E-state index contributed by atoms with van der Waals surface area (Å²) in [5.74, 6) is -0.928. The van der Waals surface area contributed by atoms with Crippen LogP contribution in [-0.2, 0) is 4.79 Å². The van der Waals surface area contributed by atoms with Gasteiger partial charge >= 0.3 is 5.97 Å². The number of nitrogens with two attached hydrogens (primary N) is 1. The van der Waals surface area contributed by atoms with Crippen LogP contribution in [0.2, 0.25) is 0 Å². The molecule has 1 amide bonds. The molecule has 6 heteroatoms. The van der Waals surface area contributed by atoms with Crippen LogP contribution in [0, 0.1) is 0 Å². The second-order valence-electron chi connectivity index (χ2n) is 4.93. The maximum Gasteiger partial charge on any atom is 0.320 e. The van der Waals surface area contributed by atoms with Gasteiger partial charge in [-0.05, 0) is 19.1 Å². The lowest BCUT2D eigenvalue weighted by atomic mass is 10.1.